The number of hydrogen-bond donors (Lipinski definition) is 2. The summed E-state index contributed by atoms with van der Waals surface area (Å²) in [4.78, 5) is 34.7. The lowest BCUT2D eigenvalue weighted by Gasteiger charge is -2.59. The third kappa shape index (κ3) is 9.63. The van der Waals surface area contributed by atoms with Gasteiger partial charge in [-0.1, -0.05) is 37.1 Å². The van der Waals surface area contributed by atoms with Gasteiger partial charge >= 0.3 is 6.09 Å². The molecule has 2 aliphatic heterocycles. The molecular weight excluding hydrogens is 732 g/mol. The number of aliphatic hydroxyl groups is 2. The number of rotatable bonds is 22. The molecule has 6 atom stereocenters. The molecule has 14 heteroatoms. The Morgan fingerprint density at radius 3 is 2.54 bits per heavy atom. The van der Waals surface area contributed by atoms with E-state index in [0.717, 1.165) is 62.2 Å². The van der Waals surface area contributed by atoms with Crippen LogP contribution < -0.4 is 9.47 Å². The van der Waals surface area contributed by atoms with Gasteiger partial charge < -0.3 is 34.0 Å². The Morgan fingerprint density at radius 1 is 1.12 bits per heavy atom. The van der Waals surface area contributed by atoms with Crippen molar-refractivity contribution in [3.8, 4) is 11.5 Å². The highest BCUT2D eigenvalue weighted by molar-refractivity contribution is 6.03. The van der Waals surface area contributed by atoms with Crippen molar-refractivity contribution in [3.63, 3.8) is 0 Å². The zero-order valence-corrected chi connectivity index (χ0v) is 33.3. The van der Waals surface area contributed by atoms with Crippen LogP contribution in [0, 0.1) is 27.9 Å². The summed E-state index contributed by atoms with van der Waals surface area (Å²) in [6.45, 7) is 10.4. The summed E-state index contributed by atoms with van der Waals surface area (Å²) in [5.74, 6) is -0.481. The minimum absolute atomic E-state index is 0.0131. The molecule has 6 unspecified atom stereocenters. The number of ether oxygens (including phenoxy) is 4. The average Bonchev–Trinajstić information content (AvgIpc) is 4.05. The van der Waals surface area contributed by atoms with Crippen molar-refractivity contribution in [3.05, 3.63) is 88.0 Å². The highest BCUT2D eigenvalue weighted by Gasteiger charge is 2.65. The molecule has 14 nitrogen and oxygen atoms in total. The van der Waals surface area contributed by atoms with Gasteiger partial charge in [-0.05, 0) is 85.4 Å². The van der Waals surface area contributed by atoms with Crippen molar-refractivity contribution < 1.29 is 43.7 Å². The number of nitro groups is 1. The smallest absolute Gasteiger partial charge is 0.409 e. The van der Waals surface area contributed by atoms with Gasteiger partial charge in [0.05, 0.1) is 30.3 Å². The standard InChI is InChI=1S/C43H58N4O10/c1-4-18-46(42(50)53-3)39-28-37(44-56-29-30-12-14-32(15-13-30)47(51)52)35-26-31(10-6-8-22-48)34(11-7-9-23-49)40-36-27-33(54-25-21-45-19-20-45)16-17-38(36)57-43(39,41(35)40)55-24-5-2/h5,12-17,26-27,31,34,39-41,48-49H,2,4,6-11,18-25,28-29H2,1,3H3. The Morgan fingerprint density at radius 2 is 1.88 bits per heavy atom. The molecule has 2 heterocycles. The molecule has 1 saturated heterocycles. The van der Waals surface area contributed by atoms with Gasteiger partial charge in [0, 0.05) is 69.4 Å². The van der Waals surface area contributed by atoms with Crippen molar-refractivity contribution >= 4 is 17.5 Å². The molecule has 0 aromatic heterocycles. The first kappa shape index (κ1) is 42.1. The quantitative estimate of drug-likeness (QED) is 0.0434. The Hall–Kier alpha value is -4.50. The molecule has 1 saturated carbocycles. The van der Waals surface area contributed by atoms with Crippen LogP contribution in [0.2, 0.25) is 0 Å². The van der Waals surface area contributed by atoms with E-state index >= 15 is 0 Å². The van der Waals surface area contributed by atoms with Crippen LogP contribution in [0.1, 0.15) is 75.3 Å². The Bertz CT molecular complexity index is 1750. The van der Waals surface area contributed by atoms with Crippen molar-refractivity contribution in [2.75, 3.05) is 59.7 Å². The maximum absolute atomic E-state index is 13.8. The first-order valence-corrected chi connectivity index (χ1v) is 20.4. The molecule has 2 aliphatic carbocycles. The number of nitro benzene ring substituents is 1. The fraction of sp³-hybridized carbons (Fsp3) is 0.581. The summed E-state index contributed by atoms with van der Waals surface area (Å²) in [6, 6.07) is 11.5. The van der Waals surface area contributed by atoms with E-state index in [1.807, 2.05) is 19.1 Å². The number of fused-ring (bicyclic) bond motifs is 2. The summed E-state index contributed by atoms with van der Waals surface area (Å²) in [5, 5.41) is 35.8. The zero-order chi connectivity index (χ0) is 40.4. The van der Waals surface area contributed by atoms with Crippen LogP contribution in [-0.4, -0.2) is 108 Å². The number of allylic oxidation sites excluding steroid dienone is 1. The Labute approximate surface area is 335 Å². The number of nitrogens with zero attached hydrogens (tertiary/aromatic N) is 4. The van der Waals surface area contributed by atoms with E-state index in [0.29, 0.717) is 49.4 Å². The molecular formula is C43H58N4O10. The molecule has 310 valence electrons. The van der Waals surface area contributed by atoms with Gasteiger partial charge in [-0.3, -0.25) is 19.9 Å². The lowest BCUT2D eigenvalue weighted by Crippen LogP contribution is -2.70. The lowest BCUT2D eigenvalue weighted by molar-refractivity contribution is -0.384. The Balaban J connectivity index is 1.52. The van der Waals surface area contributed by atoms with Gasteiger partial charge in [-0.15, -0.1) is 6.58 Å². The van der Waals surface area contributed by atoms with Crippen LogP contribution >= 0.6 is 0 Å². The summed E-state index contributed by atoms with van der Waals surface area (Å²) < 4.78 is 25.9. The van der Waals surface area contributed by atoms with E-state index in [2.05, 4.69) is 23.6 Å². The fourth-order valence-electron chi connectivity index (χ4n) is 8.96. The van der Waals surface area contributed by atoms with E-state index in [1.54, 1.807) is 23.1 Å². The van der Waals surface area contributed by atoms with Gasteiger partial charge in [0.15, 0.2) is 0 Å². The lowest BCUT2D eigenvalue weighted by atomic mass is 9.55. The molecule has 2 N–H and O–H groups in total. The van der Waals surface area contributed by atoms with E-state index in [9.17, 15) is 25.1 Å². The second-order valence-electron chi connectivity index (χ2n) is 15.3. The van der Waals surface area contributed by atoms with Crippen molar-refractivity contribution in [1.29, 1.82) is 0 Å². The monoisotopic (exact) mass is 790 g/mol. The minimum Gasteiger partial charge on any atom is -0.492 e. The molecule has 2 fully saturated rings. The van der Waals surface area contributed by atoms with Crippen molar-refractivity contribution in [1.82, 2.24) is 9.80 Å². The number of aliphatic hydroxyl groups excluding tert-OH is 2. The number of amides is 1. The second-order valence-corrected chi connectivity index (χ2v) is 15.3. The number of benzene rings is 2. The summed E-state index contributed by atoms with van der Waals surface area (Å²) in [5.41, 5.74) is 3.25. The van der Waals surface area contributed by atoms with Gasteiger partial charge in [0.25, 0.3) is 5.69 Å². The molecule has 2 aromatic carbocycles. The third-order valence-corrected chi connectivity index (χ3v) is 11.7. The molecule has 0 radical (unpaired) electrons. The molecule has 1 amide bonds. The third-order valence-electron chi connectivity index (χ3n) is 11.7. The molecule has 4 aliphatic rings. The normalized spacial score (nSPS) is 25.4. The number of oxime groups is 1. The van der Waals surface area contributed by atoms with Crippen molar-refractivity contribution in [2.24, 2.45) is 22.9 Å². The number of hydrogen-bond acceptors (Lipinski definition) is 12. The fourth-order valence-corrected chi connectivity index (χ4v) is 8.96. The average molecular weight is 791 g/mol. The van der Waals surface area contributed by atoms with Gasteiger partial charge in [0.1, 0.15) is 30.8 Å². The topological polar surface area (TPSA) is 165 Å². The van der Waals surface area contributed by atoms with E-state index in [1.165, 1.54) is 19.2 Å². The van der Waals surface area contributed by atoms with Crippen LogP contribution in [0.4, 0.5) is 10.5 Å². The highest BCUT2D eigenvalue weighted by atomic mass is 16.7. The van der Waals surface area contributed by atoms with Crippen LogP contribution in [-0.2, 0) is 20.9 Å². The maximum atomic E-state index is 13.8. The number of carbonyl (C=O) groups is 1. The summed E-state index contributed by atoms with van der Waals surface area (Å²) in [7, 11) is 1.37. The molecule has 2 aromatic rings. The predicted molar refractivity (Wildman–Crippen MR) is 214 cm³/mol. The number of unbranched alkanes of at least 4 members (excludes halogenated alkanes) is 2. The molecule has 6 rings (SSSR count). The minimum atomic E-state index is -1.38. The largest absolute Gasteiger partial charge is 0.492 e. The van der Waals surface area contributed by atoms with E-state index in [4.69, 9.17) is 28.9 Å². The molecule has 0 spiro atoms. The first-order valence-electron chi connectivity index (χ1n) is 20.4. The van der Waals surface area contributed by atoms with E-state index < -0.39 is 28.8 Å². The van der Waals surface area contributed by atoms with Gasteiger partial charge in [-0.2, -0.15) is 0 Å². The van der Waals surface area contributed by atoms with Gasteiger partial charge in [0.2, 0.25) is 5.79 Å². The van der Waals surface area contributed by atoms with Crippen LogP contribution in [0.25, 0.3) is 0 Å². The Kier molecular flexibility index (Phi) is 14.6. The molecule has 57 heavy (non-hydrogen) atoms. The number of carbonyl (C=O) groups excluding carboxylic acids is 1. The summed E-state index contributed by atoms with van der Waals surface area (Å²) in [6.07, 6.45) is 8.94. The second kappa shape index (κ2) is 19.8. The van der Waals surface area contributed by atoms with Gasteiger partial charge in [-0.25, -0.2) is 4.79 Å². The zero-order valence-electron chi connectivity index (χ0n) is 33.3. The highest BCUT2D eigenvalue weighted by Crippen LogP contribution is 2.62. The first-order chi connectivity index (χ1) is 27.8. The number of non-ortho nitro benzene ring substituents is 1. The maximum Gasteiger partial charge on any atom is 0.409 e. The van der Waals surface area contributed by atoms with Crippen LogP contribution in [0.5, 0.6) is 11.5 Å². The van der Waals surface area contributed by atoms with Crippen LogP contribution in [0.15, 0.2) is 71.9 Å². The molecule has 0 bridgehead atoms. The van der Waals surface area contributed by atoms with Crippen molar-refractivity contribution in [2.45, 2.75) is 82.6 Å². The van der Waals surface area contributed by atoms with E-state index in [-0.39, 0.29) is 56.3 Å². The van der Waals surface area contributed by atoms with Crippen LogP contribution in [0.3, 0.4) is 0 Å². The predicted octanol–water partition coefficient (Wildman–Crippen LogP) is 6.60. The number of methoxy groups -OCH3 is 1. The SMILES string of the molecule is C=CCOC12Oc3ccc(OCCN4CC4)cc3C3C(CCCCO)C(CCCCO)C=C(C(=NOCc4ccc([N+](=O)[O-])cc4)CC1N(CCC)C(=O)OC)C32. The summed E-state index contributed by atoms with van der Waals surface area (Å²) >= 11 is 0.